The molecular formula is C17H23NO3. The second-order valence-corrected chi connectivity index (χ2v) is 5.59. The fourth-order valence-corrected chi connectivity index (χ4v) is 2.37. The van der Waals surface area contributed by atoms with Gasteiger partial charge < -0.3 is 9.64 Å². The van der Waals surface area contributed by atoms with Gasteiger partial charge in [0.2, 0.25) is 0 Å². The predicted octanol–water partition coefficient (Wildman–Crippen LogP) is 2.77. The Balaban J connectivity index is 1.82. The van der Waals surface area contributed by atoms with Gasteiger partial charge in [0.15, 0.2) is 6.61 Å². The Kier molecular flexibility index (Phi) is 5.37. The second kappa shape index (κ2) is 7.25. The van der Waals surface area contributed by atoms with Crippen molar-refractivity contribution in [2.45, 2.75) is 39.0 Å². The van der Waals surface area contributed by atoms with Crippen molar-refractivity contribution in [1.82, 2.24) is 4.90 Å². The Morgan fingerprint density at radius 3 is 2.43 bits per heavy atom. The van der Waals surface area contributed by atoms with Gasteiger partial charge in [-0.3, -0.25) is 9.59 Å². The van der Waals surface area contributed by atoms with Gasteiger partial charge in [0.1, 0.15) is 11.5 Å². The van der Waals surface area contributed by atoms with Crippen molar-refractivity contribution in [3.05, 3.63) is 29.8 Å². The molecule has 2 rings (SSSR count). The Morgan fingerprint density at radius 1 is 1.24 bits per heavy atom. The number of carbonyl (C=O) groups is 2. The first kappa shape index (κ1) is 15.5. The standard InChI is InChI=1S/C17H23NO3/c1-3-13(2)14-4-6-16(7-5-14)21-12-17(20)18-10-8-15(19)9-11-18/h4-7,13H,3,8-12H2,1-2H3. The van der Waals surface area contributed by atoms with Crippen LogP contribution in [-0.4, -0.2) is 36.3 Å². The average molecular weight is 289 g/mol. The van der Waals surface area contributed by atoms with Gasteiger partial charge in [-0.2, -0.15) is 0 Å². The number of piperidine rings is 1. The van der Waals surface area contributed by atoms with Gasteiger partial charge in [-0.05, 0) is 30.0 Å². The molecule has 4 nitrogen and oxygen atoms in total. The Morgan fingerprint density at radius 2 is 1.86 bits per heavy atom. The van der Waals surface area contributed by atoms with E-state index in [1.165, 1.54) is 5.56 Å². The third kappa shape index (κ3) is 4.31. The third-order valence-electron chi connectivity index (χ3n) is 4.10. The van der Waals surface area contributed by atoms with Crippen LogP contribution in [0.2, 0.25) is 0 Å². The highest BCUT2D eigenvalue weighted by Crippen LogP contribution is 2.21. The maximum absolute atomic E-state index is 12.0. The number of Topliss-reactive ketones (excluding diaryl/α,β-unsaturated/α-hetero) is 1. The summed E-state index contributed by atoms with van der Waals surface area (Å²) in [5, 5.41) is 0. The lowest BCUT2D eigenvalue weighted by molar-refractivity contribution is -0.136. The number of carbonyl (C=O) groups excluding carboxylic acids is 2. The molecule has 1 heterocycles. The SMILES string of the molecule is CCC(C)c1ccc(OCC(=O)N2CCC(=O)CC2)cc1. The molecular weight excluding hydrogens is 266 g/mol. The van der Waals surface area contributed by atoms with Crippen LogP contribution in [0.5, 0.6) is 5.75 Å². The normalized spacial score (nSPS) is 16.7. The summed E-state index contributed by atoms with van der Waals surface area (Å²) in [7, 11) is 0. The smallest absolute Gasteiger partial charge is 0.260 e. The van der Waals surface area contributed by atoms with Crippen LogP contribution in [-0.2, 0) is 9.59 Å². The molecule has 0 aromatic heterocycles. The van der Waals surface area contributed by atoms with E-state index in [0.717, 1.165) is 6.42 Å². The molecule has 1 aliphatic heterocycles. The molecule has 0 spiro atoms. The van der Waals surface area contributed by atoms with E-state index in [1.807, 2.05) is 24.3 Å². The van der Waals surface area contributed by atoms with Crippen LogP contribution in [0.15, 0.2) is 24.3 Å². The lowest BCUT2D eigenvalue weighted by atomic mass is 9.99. The average Bonchev–Trinajstić information content (AvgIpc) is 2.53. The van der Waals surface area contributed by atoms with E-state index in [2.05, 4.69) is 13.8 Å². The van der Waals surface area contributed by atoms with Crippen LogP contribution in [0.1, 0.15) is 44.6 Å². The summed E-state index contributed by atoms with van der Waals surface area (Å²) in [6.45, 7) is 5.44. The van der Waals surface area contributed by atoms with E-state index in [4.69, 9.17) is 4.74 Å². The number of amides is 1. The van der Waals surface area contributed by atoms with Crippen molar-refractivity contribution < 1.29 is 14.3 Å². The summed E-state index contributed by atoms with van der Waals surface area (Å²) in [4.78, 5) is 24.8. The Bertz CT molecular complexity index is 485. The van der Waals surface area contributed by atoms with Gasteiger partial charge in [-0.25, -0.2) is 0 Å². The summed E-state index contributed by atoms with van der Waals surface area (Å²) >= 11 is 0. The molecule has 1 amide bonds. The molecule has 1 aromatic rings. The van der Waals surface area contributed by atoms with Crippen molar-refractivity contribution >= 4 is 11.7 Å². The number of rotatable bonds is 5. The van der Waals surface area contributed by atoms with Gasteiger partial charge in [0.25, 0.3) is 5.91 Å². The zero-order chi connectivity index (χ0) is 15.2. The van der Waals surface area contributed by atoms with Crippen molar-refractivity contribution in [2.24, 2.45) is 0 Å². The first-order valence-corrected chi connectivity index (χ1v) is 7.62. The van der Waals surface area contributed by atoms with Gasteiger partial charge in [0.05, 0.1) is 0 Å². The molecule has 1 aromatic carbocycles. The van der Waals surface area contributed by atoms with Crippen molar-refractivity contribution in [3.63, 3.8) is 0 Å². The van der Waals surface area contributed by atoms with Crippen molar-refractivity contribution in [1.29, 1.82) is 0 Å². The number of nitrogens with zero attached hydrogens (tertiary/aromatic N) is 1. The molecule has 21 heavy (non-hydrogen) atoms. The van der Waals surface area contributed by atoms with E-state index in [9.17, 15) is 9.59 Å². The van der Waals surface area contributed by atoms with Crippen molar-refractivity contribution in [3.8, 4) is 5.75 Å². The van der Waals surface area contributed by atoms with Crippen LogP contribution in [0.3, 0.4) is 0 Å². The number of benzene rings is 1. The van der Waals surface area contributed by atoms with Crippen LogP contribution in [0, 0.1) is 0 Å². The molecule has 1 atom stereocenters. The Labute approximate surface area is 126 Å². The summed E-state index contributed by atoms with van der Waals surface area (Å²) in [6.07, 6.45) is 2.04. The maximum Gasteiger partial charge on any atom is 0.260 e. The number of ether oxygens (including phenoxy) is 1. The van der Waals surface area contributed by atoms with Crippen LogP contribution >= 0.6 is 0 Å². The van der Waals surface area contributed by atoms with Gasteiger partial charge in [-0.1, -0.05) is 26.0 Å². The van der Waals surface area contributed by atoms with E-state index in [-0.39, 0.29) is 18.3 Å². The largest absolute Gasteiger partial charge is 0.484 e. The molecule has 1 fully saturated rings. The zero-order valence-electron chi connectivity index (χ0n) is 12.8. The first-order valence-electron chi connectivity index (χ1n) is 7.62. The summed E-state index contributed by atoms with van der Waals surface area (Å²) in [6, 6.07) is 7.92. The number of likely N-dealkylation sites (tertiary alicyclic amines) is 1. The molecule has 4 heteroatoms. The third-order valence-corrected chi connectivity index (χ3v) is 4.10. The van der Waals surface area contributed by atoms with Crippen LogP contribution in [0.4, 0.5) is 0 Å². The number of hydrogen-bond donors (Lipinski definition) is 0. The van der Waals surface area contributed by atoms with Crippen LogP contribution < -0.4 is 4.74 Å². The van der Waals surface area contributed by atoms with E-state index >= 15 is 0 Å². The molecule has 0 bridgehead atoms. The molecule has 0 N–H and O–H groups in total. The molecule has 0 radical (unpaired) electrons. The van der Waals surface area contributed by atoms with Gasteiger partial charge in [0, 0.05) is 25.9 Å². The first-order chi connectivity index (χ1) is 10.1. The maximum atomic E-state index is 12.0. The minimum atomic E-state index is -0.0477. The Hall–Kier alpha value is -1.84. The monoisotopic (exact) mass is 289 g/mol. The van der Waals surface area contributed by atoms with E-state index in [1.54, 1.807) is 4.90 Å². The van der Waals surface area contributed by atoms with Gasteiger partial charge >= 0.3 is 0 Å². The number of hydrogen-bond acceptors (Lipinski definition) is 3. The summed E-state index contributed by atoms with van der Waals surface area (Å²) in [5.74, 6) is 1.43. The zero-order valence-corrected chi connectivity index (χ0v) is 12.8. The molecule has 0 saturated carbocycles. The lowest BCUT2D eigenvalue weighted by Gasteiger charge is -2.25. The van der Waals surface area contributed by atoms with E-state index < -0.39 is 0 Å². The minimum Gasteiger partial charge on any atom is -0.484 e. The highest BCUT2D eigenvalue weighted by molar-refractivity contribution is 5.83. The van der Waals surface area contributed by atoms with Crippen molar-refractivity contribution in [2.75, 3.05) is 19.7 Å². The highest BCUT2D eigenvalue weighted by atomic mass is 16.5. The van der Waals surface area contributed by atoms with Crippen LogP contribution in [0.25, 0.3) is 0 Å². The van der Waals surface area contributed by atoms with Gasteiger partial charge in [-0.15, -0.1) is 0 Å². The fraction of sp³-hybridized carbons (Fsp3) is 0.529. The fourth-order valence-electron chi connectivity index (χ4n) is 2.37. The summed E-state index contributed by atoms with van der Waals surface area (Å²) < 4.78 is 5.54. The highest BCUT2D eigenvalue weighted by Gasteiger charge is 2.20. The topological polar surface area (TPSA) is 46.6 Å². The molecule has 1 aliphatic rings. The van der Waals surface area contributed by atoms with E-state index in [0.29, 0.717) is 37.6 Å². The molecule has 1 unspecified atom stereocenters. The summed E-state index contributed by atoms with van der Waals surface area (Å²) in [5.41, 5.74) is 1.28. The quantitative estimate of drug-likeness (QED) is 0.837. The lowest BCUT2D eigenvalue weighted by Crippen LogP contribution is -2.41. The number of ketones is 1. The second-order valence-electron chi connectivity index (χ2n) is 5.59. The molecule has 0 aliphatic carbocycles. The minimum absolute atomic E-state index is 0.0386. The molecule has 114 valence electrons. The predicted molar refractivity (Wildman–Crippen MR) is 81.5 cm³/mol. The molecule has 1 saturated heterocycles.